The zero-order chi connectivity index (χ0) is 14.5. The predicted octanol–water partition coefficient (Wildman–Crippen LogP) is 4.94. The van der Waals surface area contributed by atoms with Crippen LogP contribution in [0.25, 0.3) is 0 Å². The molecule has 0 saturated carbocycles. The first-order chi connectivity index (χ1) is 10.3. The Morgan fingerprint density at radius 2 is 1.76 bits per heavy atom. The van der Waals surface area contributed by atoms with Crippen LogP contribution in [-0.4, -0.2) is 13.1 Å². The Kier molecular flexibility index (Phi) is 4.66. The summed E-state index contributed by atoms with van der Waals surface area (Å²) >= 11 is 6.03. The van der Waals surface area contributed by atoms with Gasteiger partial charge in [-0.3, -0.25) is 0 Å². The van der Waals surface area contributed by atoms with Crippen molar-refractivity contribution in [2.24, 2.45) is 0 Å². The first-order valence-corrected chi connectivity index (χ1v) is 8.03. The molecule has 2 nitrogen and oxygen atoms in total. The minimum absolute atomic E-state index is 0.768. The summed E-state index contributed by atoms with van der Waals surface area (Å²) in [4.78, 5) is 2.51. The highest BCUT2D eigenvalue weighted by molar-refractivity contribution is 6.30. The number of nitrogens with zero attached hydrogens (tertiary/aromatic N) is 1. The van der Waals surface area contributed by atoms with E-state index in [0.29, 0.717) is 0 Å². The van der Waals surface area contributed by atoms with Crippen molar-refractivity contribution in [1.82, 2.24) is 0 Å². The number of benzene rings is 2. The van der Waals surface area contributed by atoms with Crippen LogP contribution in [0.15, 0.2) is 48.5 Å². The first-order valence-electron chi connectivity index (χ1n) is 7.65. The van der Waals surface area contributed by atoms with Crippen molar-refractivity contribution in [3.63, 3.8) is 0 Å². The highest BCUT2D eigenvalue weighted by Gasteiger charge is 2.13. The number of hydrogen-bond acceptors (Lipinski definition) is 2. The average molecular weight is 301 g/mol. The average Bonchev–Trinajstić information content (AvgIpc) is 2.54. The minimum Gasteiger partial charge on any atom is -0.381 e. The van der Waals surface area contributed by atoms with Gasteiger partial charge in [-0.05, 0) is 49.1 Å². The van der Waals surface area contributed by atoms with E-state index in [-0.39, 0.29) is 0 Å². The third-order valence-corrected chi connectivity index (χ3v) is 4.23. The largest absolute Gasteiger partial charge is 0.381 e. The molecule has 1 heterocycles. The molecule has 1 aliphatic rings. The Bertz CT molecular complexity index is 591. The molecule has 0 amide bonds. The summed E-state index contributed by atoms with van der Waals surface area (Å²) < 4.78 is 0. The first kappa shape index (κ1) is 14.3. The van der Waals surface area contributed by atoms with E-state index in [2.05, 4.69) is 40.5 Å². The van der Waals surface area contributed by atoms with Gasteiger partial charge >= 0.3 is 0 Å². The number of piperidine rings is 1. The second-order valence-electron chi connectivity index (χ2n) is 5.54. The lowest BCUT2D eigenvalue weighted by atomic mass is 10.1. The van der Waals surface area contributed by atoms with Gasteiger partial charge in [0.1, 0.15) is 0 Å². The van der Waals surface area contributed by atoms with E-state index in [1.807, 2.05) is 18.2 Å². The molecule has 3 rings (SSSR count). The quantitative estimate of drug-likeness (QED) is 0.860. The lowest BCUT2D eigenvalue weighted by Crippen LogP contribution is -2.30. The molecule has 0 unspecified atom stereocenters. The minimum atomic E-state index is 0.768. The molecule has 1 fully saturated rings. The number of anilines is 2. The van der Waals surface area contributed by atoms with Gasteiger partial charge in [-0.15, -0.1) is 0 Å². The molecule has 0 spiro atoms. The predicted molar refractivity (Wildman–Crippen MR) is 91.3 cm³/mol. The highest BCUT2D eigenvalue weighted by Crippen LogP contribution is 2.25. The van der Waals surface area contributed by atoms with E-state index in [4.69, 9.17) is 11.6 Å². The summed E-state index contributed by atoms with van der Waals surface area (Å²) in [5, 5.41) is 4.24. The molecular formula is C18H21ClN2. The van der Waals surface area contributed by atoms with Crippen molar-refractivity contribution in [1.29, 1.82) is 0 Å². The standard InChI is InChI=1S/C18H21ClN2/c19-16-8-6-9-17(13-16)20-14-15-7-2-3-10-18(15)21-11-4-1-5-12-21/h2-3,6-10,13,20H,1,4-5,11-12,14H2. The van der Waals surface area contributed by atoms with Gasteiger partial charge in [0, 0.05) is 36.0 Å². The van der Waals surface area contributed by atoms with Crippen molar-refractivity contribution >= 4 is 23.0 Å². The van der Waals surface area contributed by atoms with Gasteiger partial charge in [-0.1, -0.05) is 35.9 Å². The smallest absolute Gasteiger partial charge is 0.0426 e. The molecule has 1 aliphatic heterocycles. The third kappa shape index (κ3) is 3.70. The summed E-state index contributed by atoms with van der Waals surface area (Å²) in [6, 6.07) is 16.6. The van der Waals surface area contributed by atoms with Gasteiger partial charge in [0.15, 0.2) is 0 Å². The molecule has 21 heavy (non-hydrogen) atoms. The topological polar surface area (TPSA) is 15.3 Å². The lowest BCUT2D eigenvalue weighted by molar-refractivity contribution is 0.576. The van der Waals surface area contributed by atoms with Crippen molar-refractivity contribution < 1.29 is 0 Å². The normalized spacial score (nSPS) is 15.0. The van der Waals surface area contributed by atoms with Gasteiger partial charge in [0.25, 0.3) is 0 Å². The maximum atomic E-state index is 6.03. The third-order valence-electron chi connectivity index (χ3n) is 4.00. The Balaban J connectivity index is 1.73. The monoisotopic (exact) mass is 300 g/mol. The molecule has 1 N–H and O–H groups in total. The second-order valence-corrected chi connectivity index (χ2v) is 5.98. The van der Waals surface area contributed by atoms with Crippen LogP contribution in [0.4, 0.5) is 11.4 Å². The van der Waals surface area contributed by atoms with Crippen molar-refractivity contribution in [2.45, 2.75) is 25.8 Å². The Labute approximate surface area is 131 Å². The number of nitrogens with one attached hydrogen (secondary N) is 1. The number of rotatable bonds is 4. The zero-order valence-electron chi connectivity index (χ0n) is 12.2. The van der Waals surface area contributed by atoms with E-state index in [1.165, 1.54) is 43.6 Å². The zero-order valence-corrected chi connectivity index (χ0v) is 12.9. The van der Waals surface area contributed by atoms with Gasteiger partial charge in [0.05, 0.1) is 0 Å². The number of hydrogen-bond donors (Lipinski definition) is 1. The van der Waals surface area contributed by atoms with Crippen LogP contribution in [0.3, 0.4) is 0 Å². The van der Waals surface area contributed by atoms with E-state index in [1.54, 1.807) is 0 Å². The Morgan fingerprint density at radius 1 is 0.952 bits per heavy atom. The van der Waals surface area contributed by atoms with E-state index in [9.17, 15) is 0 Å². The van der Waals surface area contributed by atoms with Gasteiger partial charge in [0.2, 0.25) is 0 Å². The van der Waals surface area contributed by atoms with Crippen LogP contribution < -0.4 is 10.2 Å². The summed E-state index contributed by atoms with van der Waals surface area (Å²) in [5.41, 5.74) is 3.78. The van der Waals surface area contributed by atoms with Crippen LogP contribution in [0.2, 0.25) is 5.02 Å². The summed E-state index contributed by atoms with van der Waals surface area (Å²) in [7, 11) is 0. The molecule has 0 aliphatic carbocycles. The van der Waals surface area contributed by atoms with E-state index >= 15 is 0 Å². The van der Waals surface area contributed by atoms with E-state index in [0.717, 1.165) is 17.3 Å². The summed E-state index contributed by atoms with van der Waals surface area (Å²) in [5.74, 6) is 0. The fourth-order valence-corrected chi connectivity index (χ4v) is 3.09. The molecule has 1 saturated heterocycles. The molecule has 110 valence electrons. The van der Waals surface area contributed by atoms with Gasteiger partial charge in [-0.25, -0.2) is 0 Å². The highest BCUT2D eigenvalue weighted by atomic mass is 35.5. The SMILES string of the molecule is Clc1cccc(NCc2ccccc2N2CCCCC2)c1. The molecule has 0 atom stereocenters. The van der Waals surface area contributed by atoms with Gasteiger partial charge < -0.3 is 10.2 Å². The van der Waals surface area contributed by atoms with Crippen LogP contribution in [0, 0.1) is 0 Å². The fraction of sp³-hybridized carbons (Fsp3) is 0.333. The number of para-hydroxylation sites is 1. The van der Waals surface area contributed by atoms with E-state index < -0.39 is 0 Å². The molecule has 0 bridgehead atoms. The fourth-order valence-electron chi connectivity index (χ4n) is 2.90. The van der Waals surface area contributed by atoms with Crippen molar-refractivity contribution in [2.75, 3.05) is 23.3 Å². The second kappa shape index (κ2) is 6.86. The molecule has 0 aromatic heterocycles. The lowest BCUT2D eigenvalue weighted by Gasteiger charge is -2.30. The maximum Gasteiger partial charge on any atom is 0.0426 e. The number of halogens is 1. The van der Waals surface area contributed by atoms with Gasteiger partial charge in [-0.2, -0.15) is 0 Å². The molecular weight excluding hydrogens is 280 g/mol. The van der Waals surface area contributed by atoms with Crippen LogP contribution in [0.1, 0.15) is 24.8 Å². The van der Waals surface area contributed by atoms with Crippen LogP contribution in [0.5, 0.6) is 0 Å². The molecule has 2 aromatic rings. The summed E-state index contributed by atoms with van der Waals surface area (Å²) in [6.45, 7) is 3.18. The van der Waals surface area contributed by atoms with Crippen LogP contribution in [-0.2, 0) is 6.54 Å². The maximum absolute atomic E-state index is 6.03. The molecule has 3 heteroatoms. The van der Waals surface area contributed by atoms with Crippen LogP contribution >= 0.6 is 11.6 Å². The molecule has 2 aromatic carbocycles. The Hall–Kier alpha value is -1.67. The Morgan fingerprint density at radius 3 is 2.57 bits per heavy atom. The van der Waals surface area contributed by atoms with Crippen molar-refractivity contribution in [3.05, 3.63) is 59.1 Å². The summed E-state index contributed by atoms with van der Waals surface area (Å²) in [6.07, 6.45) is 3.96. The molecule has 0 radical (unpaired) electrons. The van der Waals surface area contributed by atoms with Crippen molar-refractivity contribution in [3.8, 4) is 0 Å².